The summed E-state index contributed by atoms with van der Waals surface area (Å²) in [4.78, 5) is 14.1. The molecule has 1 aromatic rings. The number of carbonyl (C=O) groups is 1. The first kappa shape index (κ1) is 12.0. The van der Waals surface area contributed by atoms with Crippen LogP contribution in [-0.2, 0) is 6.54 Å². The molecule has 5 nitrogen and oxygen atoms in total. The molecule has 1 saturated carbocycles. The van der Waals surface area contributed by atoms with Crippen LogP contribution in [0.3, 0.4) is 0 Å². The molecule has 0 unspecified atom stereocenters. The first-order chi connectivity index (χ1) is 8.04. The van der Waals surface area contributed by atoms with Gasteiger partial charge in [-0.15, -0.1) is 0 Å². The fraction of sp³-hybridized carbons (Fsp3) is 0.667. The maximum absolute atomic E-state index is 12.3. The fourth-order valence-corrected chi connectivity index (χ4v) is 2.00. The number of anilines is 1. The Kier molecular flexibility index (Phi) is 3.09. The van der Waals surface area contributed by atoms with Gasteiger partial charge < -0.3 is 10.6 Å². The number of rotatable bonds is 4. The van der Waals surface area contributed by atoms with Gasteiger partial charge >= 0.3 is 0 Å². The Balaban J connectivity index is 2.22. The van der Waals surface area contributed by atoms with Gasteiger partial charge in [0.1, 0.15) is 5.69 Å². The lowest BCUT2D eigenvalue weighted by atomic mass is 10.2. The minimum atomic E-state index is -0.0168. The highest BCUT2D eigenvalue weighted by molar-refractivity contribution is 5.97. The van der Waals surface area contributed by atoms with Crippen LogP contribution >= 0.6 is 0 Å². The van der Waals surface area contributed by atoms with Crippen LogP contribution in [0.15, 0.2) is 0 Å². The average Bonchev–Trinajstić information content (AvgIpc) is 3.06. The first-order valence-electron chi connectivity index (χ1n) is 6.13. The van der Waals surface area contributed by atoms with Gasteiger partial charge in [0.2, 0.25) is 0 Å². The molecule has 2 N–H and O–H groups in total. The molecule has 1 amide bonds. The predicted molar refractivity (Wildman–Crippen MR) is 66.7 cm³/mol. The van der Waals surface area contributed by atoms with Crippen molar-refractivity contribution in [3.05, 3.63) is 11.4 Å². The van der Waals surface area contributed by atoms with Crippen molar-refractivity contribution in [2.75, 3.05) is 19.3 Å². The van der Waals surface area contributed by atoms with Gasteiger partial charge in [-0.3, -0.25) is 9.48 Å². The van der Waals surface area contributed by atoms with Gasteiger partial charge in [-0.1, -0.05) is 0 Å². The summed E-state index contributed by atoms with van der Waals surface area (Å²) in [5.74, 6) is 0.668. The number of aryl methyl sites for hydroxylation is 2. The zero-order chi connectivity index (χ0) is 12.6. The van der Waals surface area contributed by atoms with Crippen LogP contribution in [0.1, 0.15) is 35.9 Å². The molecular formula is C12H20N4O. The average molecular weight is 236 g/mol. The van der Waals surface area contributed by atoms with E-state index in [1.54, 1.807) is 9.58 Å². The number of nitrogens with two attached hydrogens (primary N) is 1. The summed E-state index contributed by atoms with van der Waals surface area (Å²) in [7, 11) is 1.84. The summed E-state index contributed by atoms with van der Waals surface area (Å²) in [6, 6.07) is 0. The Morgan fingerprint density at radius 3 is 2.76 bits per heavy atom. The number of hydrogen-bond donors (Lipinski definition) is 1. The van der Waals surface area contributed by atoms with E-state index >= 15 is 0 Å². The van der Waals surface area contributed by atoms with Crippen LogP contribution < -0.4 is 5.73 Å². The summed E-state index contributed by atoms with van der Waals surface area (Å²) < 4.78 is 1.69. The maximum atomic E-state index is 12.3. The van der Waals surface area contributed by atoms with Crippen molar-refractivity contribution in [3.8, 4) is 0 Å². The number of amides is 1. The number of carbonyl (C=O) groups excluding carboxylic acids is 1. The number of hydrogen-bond acceptors (Lipinski definition) is 3. The minimum absolute atomic E-state index is 0.0168. The van der Waals surface area contributed by atoms with Crippen LogP contribution in [0.5, 0.6) is 0 Å². The summed E-state index contributed by atoms with van der Waals surface area (Å²) in [6.45, 7) is 5.28. The number of aromatic nitrogens is 2. The highest BCUT2D eigenvalue weighted by atomic mass is 16.2. The summed E-state index contributed by atoms with van der Waals surface area (Å²) >= 11 is 0. The van der Waals surface area contributed by atoms with Crippen LogP contribution in [0.25, 0.3) is 0 Å². The molecule has 94 valence electrons. The minimum Gasteiger partial charge on any atom is -0.395 e. The van der Waals surface area contributed by atoms with Gasteiger partial charge in [0.15, 0.2) is 0 Å². The summed E-state index contributed by atoms with van der Waals surface area (Å²) in [5.41, 5.74) is 7.71. The van der Waals surface area contributed by atoms with Crippen LogP contribution in [-0.4, -0.2) is 34.2 Å². The molecule has 1 aromatic heterocycles. The third kappa shape index (κ3) is 2.28. The van der Waals surface area contributed by atoms with E-state index in [2.05, 4.69) is 5.10 Å². The number of nitrogen functional groups attached to an aromatic ring is 1. The molecule has 1 aliphatic rings. The molecule has 0 aliphatic heterocycles. The number of nitrogens with zero attached hydrogens (tertiary/aromatic N) is 3. The second kappa shape index (κ2) is 4.39. The zero-order valence-electron chi connectivity index (χ0n) is 10.7. The molecule has 2 rings (SSSR count). The van der Waals surface area contributed by atoms with E-state index in [0.29, 0.717) is 23.8 Å². The maximum Gasteiger partial charge on any atom is 0.274 e. The van der Waals surface area contributed by atoms with E-state index in [1.165, 1.54) is 12.8 Å². The molecule has 0 atom stereocenters. The second-order valence-corrected chi connectivity index (χ2v) is 4.79. The van der Waals surface area contributed by atoms with Gasteiger partial charge in [0.05, 0.1) is 11.4 Å². The lowest BCUT2D eigenvalue weighted by Gasteiger charge is -2.17. The summed E-state index contributed by atoms with van der Waals surface area (Å²) in [6.07, 6.45) is 2.47. The topological polar surface area (TPSA) is 64.2 Å². The van der Waals surface area contributed by atoms with E-state index in [4.69, 9.17) is 5.73 Å². The molecule has 0 aromatic carbocycles. The van der Waals surface area contributed by atoms with Gasteiger partial charge in [-0.25, -0.2) is 0 Å². The molecule has 1 heterocycles. The van der Waals surface area contributed by atoms with Crippen molar-refractivity contribution in [2.24, 2.45) is 5.92 Å². The van der Waals surface area contributed by atoms with Crippen LogP contribution in [0, 0.1) is 12.8 Å². The third-order valence-electron chi connectivity index (χ3n) is 3.25. The lowest BCUT2D eigenvalue weighted by molar-refractivity contribution is 0.0777. The van der Waals surface area contributed by atoms with Crippen molar-refractivity contribution in [2.45, 2.75) is 33.2 Å². The van der Waals surface area contributed by atoms with Crippen molar-refractivity contribution in [3.63, 3.8) is 0 Å². The SMILES string of the molecule is CCn1nc(C)c(N)c1C(=O)N(C)CC1CC1. The molecule has 0 saturated heterocycles. The van der Waals surface area contributed by atoms with E-state index in [0.717, 1.165) is 12.2 Å². The predicted octanol–water partition coefficient (Wildman–Crippen LogP) is 1.28. The van der Waals surface area contributed by atoms with E-state index < -0.39 is 0 Å². The zero-order valence-corrected chi connectivity index (χ0v) is 10.7. The fourth-order valence-electron chi connectivity index (χ4n) is 2.00. The van der Waals surface area contributed by atoms with Crippen LogP contribution in [0.4, 0.5) is 5.69 Å². The summed E-state index contributed by atoms with van der Waals surface area (Å²) in [5, 5.41) is 4.27. The monoisotopic (exact) mass is 236 g/mol. The Hall–Kier alpha value is -1.52. The van der Waals surface area contributed by atoms with Crippen molar-refractivity contribution >= 4 is 11.6 Å². The first-order valence-corrected chi connectivity index (χ1v) is 6.13. The molecule has 5 heteroatoms. The Bertz CT molecular complexity index is 434. The Morgan fingerprint density at radius 1 is 1.59 bits per heavy atom. The highest BCUT2D eigenvalue weighted by Gasteiger charge is 2.28. The smallest absolute Gasteiger partial charge is 0.274 e. The molecule has 1 aliphatic carbocycles. The normalized spacial score (nSPS) is 15.0. The largest absolute Gasteiger partial charge is 0.395 e. The van der Waals surface area contributed by atoms with E-state index in [1.807, 2.05) is 20.9 Å². The van der Waals surface area contributed by atoms with Gasteiger partial charge in [0, 0.05) is 20.1 Å². The highest BCUT2D eigenvalue weighted by Crippen LogP contribution is 2.30. The standard InChI is InChI=1S/C12H20N4O/c1-4-16-11(10(13)8(2)14-16)12(17)15(3)7-9-5-6-9/h9H,4-7,13H2,1-3H3. The molecule has 1 fully saturated rings. The van der Waals surface area contributed by atoms with Crippen molar-refractivity contribution < 1.29 is 4.79 Å². The third-order valence-corrected chi connectivity index (χ3v) is 3.25. The van der Waals surface area contributed by atoms with E-state index in [-0.39, 0.29) is 5.91 Å². The lowest BCUT2D eigenvalue weighted by Crippen LogP contribution is -2.31. The van der Waals surface area contributed by atoms with Crippen molar-refractivity contribution in [1.82, 2.24) is 14.7 Å². The molecule has 17 heavy (non-hydrogen) atoms. The van der Waals surface area contributed by atoms with Gasteiger partial charge in [0.25, 0.3) is 5.91 Å². The van der Waals surface area contributed by atoms with Gasteiger partial charge in [-0.05, 0) is 32.6 Å². The van der Waals surface area contributed by atoms with Crippen molar-refractivity contribution in [1.29, 1.82) is 0 Å². The molecular weight excluding hydrogens is 216 g/mol. The van der Waals surface area contributed by atoms with Gasteiger partial charge in [-0.2, -0.15) is 5.10 Å². The van der Waals surface area contributed by atoms with Crippen LogP contribution in [0.2, 0.25) is 0 Å². The Labute approximate surface area is 102 Å². The molecule has 0 radical (unpaired) electrons. The Morgan fingerprint density at radius 2 is 2.24 bits per heavy atom. The quantitative estimate of drug-likeness (QED) is 0.856. The molecule has 0 bridgehead atoms. The van der Waals surface area contributed by atoms with E-state index in [9.17, 15) is 4.79 Å². The molecule has 0 spiro atoms. The second-order valence-electron chi connectivity index (χ2n) is 4.79.